The first-order valence-corrected chi connectivity index (χ1v) is 7.03. The fourth-order valence-corrected chi connectivity index (χ4v) is 2.33. The third-order valence-electron chi connectivity index (χ3n) is 2.64. The summed E-state index contributed by atoms with van der Waals surface area (Å²) >= 11 is 9.23. The molecule has 0 spiro atoms. The molecule has 0 bridgehead atoms. The molecule has 3 nitrogen and oxygen atoms in total. The van der Waals surface area contributed by atoms with E-state index in [0.29, 0.717) is 22.1 Å². The fraction of sp³-hybridized carbons (Fsp3) is 0.133. The number of carbonyl (C=O) groups is 1. The van der Waals surface area contributed by atoms with Crippen molar-refractivity contribution in [1.29, 1.82) is 0 Å². The maximum atomic E-state index is 12.0. The van der Waals surface area contributed by atoms with Gasteiger partial charge in [0.1, 0.15) is 0 Å². The summed E-state index contributed by atoms with van der Waals surface area (Å²) in [6.07, 6.45) is 0. The van der Waals surface area contributed by atoms with Gasteiger partial charge in [-0.3, -0.25) is 4.79 Å². The summed E-state index contributed by atoms with van der Waals surface area (Å²) in [6, 6.07) is 12.2. The van der Waals surface area contributed by atoms with Crippen molar-refractivity contribution in [1.82, 2.24) is 0 Å². The van der Waals surface area contributed by atoms with Gasteiger partial charge in [-0.25, -0.2) is 0 Å². The topological polar surface area (TPSA) is 35.5 Å². The van der Waals surface area contributed by atoms with Crippen LogP contribution in [0.2, 0.25) is 5.02 Å². The molecule has 0 aliphatic carbocycles. The van der Waals surface area contributed by atoms with Crippen LogP contribution in [-0.4, -0.2) is 19.5 Å². The number of ketones is 1. The fourth-order valence-electron chi connectivity index (χ4n) is 1.67. The van der Waals surface area contributed by atoms with Gasteiger partial charge in [-0.2, -0.15) is 0 Å². The van der Waals surface area contributed by atoms with Crippen LogP contribution >= 0.6 is 27.5 Å². The number of hydrogen-bond donors (Lipinski definition) is 0. The second-order valence-electron chi connectivity index (χ2n) is 3.99. The molecule has 0 saturated carbocycles. The molecular weight excluding hydrogens is 344 g/mol. The van der Waals surface area contributed by atoms with Crippen LogP contribution in [0.1, 0.15) is 10.4 Å². The number of methoxy groups -OCH3 is 1. The molecule has 0 aliphatic rings. The number of hydrogen-bond acceptors (Lipinski definition) is 3. The second kappa shape index (κ2) is 6.77. The van der Waals surface area contributed by atoms with E-state index in [4.69, 9.17) is 21.1 Å². The molecule has 20 heavy (non-hydrogen) atoms. The van der Waals surface area contributed by atoms with E-state index >= 15 is 0 Å². The average Bonchev–Trinajstić information content (AvgIpc) is 2.45. The van der Waals surface area contributed by atoms with E-state index in [-0.39, 0.29) is 12.4 Å². The number of Topliss-reactive ketones (excluding diaryl/α,β-unsaturated/α-hetero) is 1. The molecule has 0 saturated heterocycles. The monoisotopic (exact) mass is 354 g/mol. The zero-order valence-electron chi connectivity index (χ0n) is 10.7. The minimum atomic E-state index is -0.148. The van der Waals surface area contributed by atoms with E-state index < -0.39 is 0 Å². The van der Waals surface area contributed by atoms with E-state index in [0.717, 1.165) is 4.47 Å². The van der Waals surface area contributed by atoms with Gasteiger partial charge in [-0.15, -0.1) is 0 Å². The van der Waals surface area contributed by atoms with E-state index in [2.05, 4.69) is 15.9 Å². The van der Waals surface area contributed by atoms with Gasteiger partial charge in [-0.05, 0) is 40.2 Å². The Morgan fingerprint density at radius 3 is 2.70 bits per heavy atom. The molecule has 0 radical (unpaired) electrons. The molecule has 2 rings (SSSR count). The number of ether oxygens (including phenoxy) is 2. The van der Waals surface area contributed by atoms with Crippen molar-refractivity contribution in [2.75, 3.05) is 13.7 Å². The minimum Gasteiger partial charge on any atom is -0.493 e. The smallest absolute Gasteiger partial charge is 0.200 e. The molecule has 0 aromatic heterocycles. The Hall–Kier alpha value is -1.52. The first-order valence-electron chi connectivity index (χ1n) is 5.86. The predicted octanol–water partition coefficient (Wildman–Crippen LogP) is 4.37. The predicted molar refractivity (Wildman–Crippen MR) is 82.0 cm³/mol. The highest BCUT2D eigenvalue weighted by Crippen LogP contribution is 2.34. The Morgan fingerprint density at radius 2 is 2.00 bits per heavy atom. The van der Waals surface area contributed by atoms with Crippen molar-refractivity contribution < 1.29 is 14.3 Å². The van der Waals surface area contributed by atoms with E-state index in [1.165, 1.54) is 0 Å². The number of halogens is 2. The van der Waals surface area contributed by atoms with Gasteiger partial charge >= 0.3 is 0 Å². The normalized spacial score (nSPS) is 10.2. The first kappa shape index (κ1) is 14.9. The Bertz CT molecular complexity index is 628. The van der Waals surface area contributed by atoms with Crippen LogP contribution in [0.3, 0.4) is 0 Å². The summed E-state index contributed by atoms with van der Waals surface area (Å²) in [6.45, 7) is -0.0840. The lowest BCUT2D eigenvalue weighted by Gasteiger charge is -2.11. The molecule has 2 aromatic rings. The van der Waals surface area contributed by atoms with Gasteiger partial charge in [-0.1, -0.05) is 29.8 Å². The quantitative estimate of drug-likeness (QED) is 0.747. The molecule has 0 atom stereocenters. The average molecular weight is 356 g/mol. The number of para-hydroxylation sites is 1. The van der Waals surface area contributed by atoms with Gasteiger partial charge in [0, 0.05) is 10.6 Å². The molecule has 2 aromatic carbocycles. The third-order valence-corrected chi connectivity index (χ3v) is 3.50. The third kappa shape index (κ3) is 3.52. The number of rotatable bonds is 5. The zero-order valence-corrected chi connectivity index (χ0v) is 13.1. The molecule has 0 unspecified atom stereocenters. The molecule has 0 fully saturated rings. The molecule has 5 heteroatoms. The van der Waals surface area contributed by atoms with E-state index in [1.54, 1.807) is 37.4 Å². The summed E-state index contributed by atoms with van der Waals surface area (Å²) < 4.78 is 11.5. The van der Waals surface area contributed by atoms with Crippen molar-refractivity contribution in [2.24, 2.45) is 0 Å². The Labute approximate surface area is 130 Å². The number of benzene rings is 2. The standard InChI is InChI=1S/C15H12BrClO3/c1-19-14-7-3-6-12(16)15(14)20-9-13(18)10-4-2-5-11(17)8-10/h2-8H,9H2,1H3. The summed E-state index contributed by atoms with van der Waals surface area (Å²) in [5.74, 6) is 0.925. The lowest BCUT2D eigenvalue weighted by Crippen LogP contribution is -2.12. The van der Waals surface area contributed by atoms with Crippen LogP contribution in [0, 0.1) is 0 Å². The van der Waals surface area contributed by atoms with Crippen LogP contribution in [0.25, 0.3) is 0 Å². The van der Waals surface area contributed by atoms with E-state index in [9.17, 15) is 4.79 Å². The van der Waals surface area contributed by atoms with Crippen LogP contribution in [0.5, 0.6) is 11.5 Å². The van der Waals surface area contributed by atoms with Gasteiger partial charge < -0.3 is 9.47 Å². The second-order valence-corrected chi connectivity index (χ2v) is 5.28. The van der Waals surface area contributed by atoms with E-state index in [1.807, 2.05) is 12.1 Å². The summed E-state index contributed by atoms with van der Waals surface area (Å²) in [5, 5.41) is 0.523. The lowest BCUT2D eigenvalue weighted by atomic mass is 10.1. The van der Waals surface area contributed by atoms with Crippen LogP contribution in [0.4, 0.5) is 0 Å². The number of carbonyl (C=O) groups excluding carboxylic acids is 1. The molecule has 0 aliphatic heterocycles. The zero-order chi connectivity index (χ0) is 14.5. The van der Waals surface area contributed by atoms with Gasteiger partial charge in [0.2, 0.25) is 0 Å². The molecule has 0 heterocycles. The van der Waals surface area contributed by atoms with Crippen molar-refractivity contribution >= 4 is 33.3 Å². The maximum absolute atomic E-state index is 12.0. The van der Waals surface area contributed by atoms with Crippen molar-refractivity contribution in [3.63, 3.8) is 0 Å². The van der Waals surface area contributed by atoms with Crippen molar-refractivity contribution in [3.05, 3.63) is 57.5 Å². The largest absolute Gasteiger partial charge is 0.493 e. The van der Waals surface area contributed by atoms with Gasteiger partial charge in [0.05, 0.1) is 11.6 Å². The Kier molecular flexibility index (Phi) is 5.04. The van der Waals surface area contributed by atoms with Crippen LogP contribution < -0.4 is 9.47 Å². The Balaban J connectivity index is 2.11. The highest BCUT2D eigenvalue weighted by atomic mass is 79.9. The molecule has 104 valence electrons. The molecule has 0 N–H and O–H groups in total. The lowest BCUT2D eigenvalue weighted by molar-refractivity contribution is 0.0919. The molecule has 0 amide bonds. The van der Waals surface area contributed by atoms with Crippen molar-refractivity contribution in [3.8, 4) is 11.5 Å². The minimum absolute atomic E-state index is 0.0840. The maximum Gasteiger partial charge on any atom is 0.200 e. The Morgan fingerprint density at radius 1 is 1.25 bits per heavy atom. The van der Waals surface area contributed by atoms with Crippen LogP contribution in [0.15, 0.2) is 46.9 Å². The van der Waals surface area contributed by atoms with Crippen molar-refractivity contribution in [2.45, 2.75) is 0 Å². The molecular formula is C15H12BrClO3. The van der Waals surface area contributed by atoms with Gasteiger partial charge in [0.25, 0.3) is 0 Å². The highest BCUT2D eigenvalue weighted by molar-refractivity contribution is 9.10. The van der Waals surface area contributed by atoms with Gasteiger partial charge in [0.15, 0.2) is 23.9 Å². The highest BCUT2D eigenvalue weighted by Gasteiger charge is 2.12. The summed E-state index contributed by atoms with van der Waals surface area (Å²) in [5.41, 5.74) is 0.517. The first-order chi connectivity index (χ1) is 9.61. The summed E-state index contributed by atoms with van der Waals surface area (Å²) in [7, 11) is 1.55. The SMILES string of the molecule is COc1cccc(Br)c1OCC(=O)c1cccc(Cl)c1. The van der Waals surface area contributed by atoms with Crippen LogP contribution in [-0.2, 0) is 0 Å². The summed E-state index contributed by atoms with van der Waals surface area (Å²) in [4.78, 5) is 12.0.